The Bertz CT molecular complexity index is 1160. The number of aromatic nitrogens is 2. The van der Waals surface area contributed by atoms with Crippen LogP contribution in [0.3, 0.4) is 0 Å². The van der Waals surface area contributed by atoms with E-state index in [1.807, 2.05) is 19.0 Å². The SMILES string of the molecule is CCCNc1nc(Nc2ccc(C#N)cc2)ncc1C#CCCCNC(=O)CCC(=O)/C=C/CN(C)C. The van der Waals surface area contributed by atoms with Crippen molar-refractivity contribution in [3.05, 3.63) is 53.7 Å². The number of nitriles is 1. The molecule has 37 heavy (non-hydrogen) atoms. The van der Waals surface area contributed by atoms with Crippen LogP contribution in [0, 0.1) is 23.2 Å². The van der Waals surface area contributed by atoms with Crippen LogP contribution >= 0.6 is 0 Å². The quantitative estimate of drug-likeness (QED) is 0.204. The van der Waals surface area contributed by atoms with Gasteiger partial charge in [0, 0.05) is 44.6 Å². The van der Waals surface area contributed by atoms with Crippen molar-refractivity contribution < 1.29 is 9.59 Å². The van der Waals surface area contributed by atoms with E-state index in [1.54, 1.807) is 36.5 Å². The zero-order valence-corrected chi connectivity index (χ0v) is 21.8. The third kappa shape index (κ3) is 11.9. The number of amides is 1. The van der Waals surface area contributed by atoms with Crippen LogP contribution in [0.5, 0.6) is 0 Å². The largest absolute Gasteiger partial charge is 0.369 e. The average molecular weight is 502 g/mol. The van der Waals surface area contributed by atoms with Crippen molar-refractivity contribution in [1.29, 1.82) is 5.26 Å². The van der Waals surface area contributed by atoms with Gasteiger partial charge in [-0.2, -0.15) is 10.2 Å². The van der Waals surface area contributed by atoms with Crippen LogP contribution in [0.25, 0.3) is 0 Å². The van der Waals surface area contributed by atoms with E-state index in [0.29, 0.717) is 48.8 Å². The minimum absolute atomic E-state index is 0.0457. The number of carbonyl (C=O) groups is 2. The van der Waals surface area contributed by atoms with Crippen molar-refractivity contribution in [3.8, 4) is 17.9 Å². The van der Waals surface area contributed by atoms with E-state index in [-0.39, 0.29) is 24.5 Å². The summed E-state index contributed by atoms with van der Waals surface area (Å²) < 4.78 is 0. The standard InChI is InChI=1S/C28H35N7O2/c1-4-17-31-27-23(21-32-28(34-27)33-24-13-11-22(20-29)12-14-24)9-6-5-7-18-30-26(37)16-15-25(36)10-8-19-35(2)3/h8,10-14,21H,4-5,7,15-19H2,1-3H3,(H,30,37)(H2,31,32,33,34)/b10-8+. The molecule has 9 nitrogen and oxygen atoms in total. The minimum atomic E-state index is -0.132. The minimum Gasteiger partial charge on any atom is -0.369 e. The molecule has 194 valence electrons. The maximum atomic E-state index is 11.9. The highest BCUT2D eigenvalue weighted by Crippen LogP contribution is 2.17. The predicted octanol–water partition coefficient (Wildman–Crippen LogP) is 3.63. The van der Waals surface area contributed by atoms with E-state index in [9.17, 15) is 9.59 Å². The molecule has 1 aromatic carbocycles. The van der Waals surface area contributed by atoms with Crippen molar-refractivity contribution in [3.63, 3.8) is 0 Å². The van der Waals surface area contributed by atoms with Gasteiger partial charge in [-0.25, -0.2) is 4.98 Å². The zero-order chi connectivity index (χ0) is 26.9. The molecule has 0 saturated heterocycles. The highest BCUT2D eigenvalue weighted by molar-refractivity contribution is 5.92. The topological polar surface area (TPSA) is 123 Å². The molecule has 1 heterocycles. The molecule has 0 aliphatic carbocycles. The highest BCUT2D eigenvalue weighted by Gasteiger charge is 2.07. The molecular weight excluding hydrogens is 466 g/mol. The van der Waals surface area contributed by atoms with Crippen molar-refractivity contribution in [2.45, 2.75) is 39.0 Å². The first-order valence-corrected chi connectivity index (χ1v) is 12.4. The van der Waals surface area contributed by atoms with Crippen LogP contribution in [0.4, 0.5) is 17.5 Å². The van der Waals surface area contributed by atoms with Crippen LogP contribution in [0.15, 0.2) is 42.6 Å². The molecule has 0 aliphatic heterocycles. The van der Waals surface area contributed by atoms with Crippen molar-refractivity contribution in [2.75, 3.05) is 44.4 Å². The van der Waals surface area contributed by atoms with Gasteiger partial charge in [-0.3, -0.25) is 9.59 Å². The lowest BCUT2D eigenvalue weighted by atomic mass is 10.2. The Morgan fingerprint density at radius 1 is 1.14 bits per heavy atom. The molecular formula is C28H35N7O2. The van der Waals surface area contributed by atoms with Gasteiger partial charge in [-0.15, -0.1) is 0 Å². The number of benzene rings is 1. The maximum absolute atomic E-state index is 11.9. The molecule has 0 aliphatic rings. The summed E-state index contributed by atoms with van der Waals surface area (Å²) in [6.45, 7) is 4.02. The number of unbranched alkanes of at least 4 members (excludes halogenated alkanes) is 1. The first kappa shape index (κ1) is 29.0. The van der Waals surface area contributed by atoms with Crippen LogP contribution in [0.1, 0.15) is 50.2 Å². The Kier molecular flexibility index (Phi) is 12.9. The molecule has 1 aromatic heterocycles. The van der Waals surface area contributed by atoms with Gasteiger partial charge in [0.25, 0.3) is 0 Å². The second-order valence-electron chi connectivity index (χ2n) is 8.58. The van der Waals surface area contributed by atoms with Gasteiger partial charge >= 0.3 is 0 Å². The van der Waals surface area contributed by atoms with Gasteiger partial charge in [0.15, 0.2) is 5.78 Å². The number of hydrogen-bond acceptors (Lipinski definition) is 8. The van der Waals surface area contributed by atoms with Gasteiger partial charge < -0.3 is 20.9 Å². The number of nitrogens with one attached hydrogen (secondary N) is 3. The molecule has 0 saturated carbocycles. The van der Waals surface area contributed by atoms with Crippen molar-refractivity contribution >= 4 is 29.1 Å². The molecule has 3 N–H and O–H groups in total. The van der Waals surface area contributed by atoms with Gasteiger partial charge in [-0.1, -0.05) is 24.8 Å². The van der Waals surface area contributed by atoms with Gasteiger partial charge in [0.1, 0.15) is 5.82 Å². The van der Waals surface area contributed by atoms with Crippen LogP contribution < -0.4 is 16.0 Å². The first-order chi connectivity index (χ1) is 17.9. The Hall–Kier alpha value is -4.21. The molecule has 0 radical (unpaired) electrons. The summed E-state index contributed by atoms with van der Waals surface area (Å²) in [5, 5.41) is 18.2. The zero-order valence-electron chi connectivity index (χ0n) is 21.8. The highest BCUT2D eigenvalue weighted by atomic mass is 16.2. The molecule has 0 atom stereocenters. The van der Waals surface area contributed by atoms with Gasteiger partial charge in [0.05, 0.1) is 23.4 Å². The number of carbonyl (C=O) groups excluding carboxylic acids is 2. The van der Waals surface area contributed by atoms with Crippen LogP contribution in [-0.4, -0.2) is 60.3 Å². The molecule has 2 rings (SSSR count). The van der Waals surface area contributed by atoms with E-state index >= 15 is 0 Å². The summed E-state index contributed by atoms with van der Waals surface area (Å²) in [5.74, 6) is 7.14. The van der Waals surface area contributed by atoms with E-state index in [0.717, 1.165) is 18.7 Å². The molecule has 0 bridgehead atoms. The fraction of sp³-hybridized carbons (Fsp3) is 0.393. The van der Waals surface area contributed by atoms with E-state index in [4.69, 9.17) is 5.26 Å². The average Bonchev–Trinajstić information content (AvgIpc) is 2.89. The second-order valence-corrected chi connectivity index (χ2v) is 8.58. The number of hydrogen-bond donors (Lipinski definition) is 3. The second kappa shape index (κ2) is 16.5. The van der Waals surface area contributed by atoms with E-state index in [2.05, 4.69) is 50.8 Å². The Morgan fingerprint density at radius 3 is 2.62 bits per heavy atom. The van der Waals surface area contributed by atoms with Crippen molar-refractivity contribution in [2.24, 2.45) is 0 Å². The number of likely N-dealkylation sites (N-methyl/N-ethyl adjacent to an activating group) is 1. The summed E-state index contributed by atoms with van der Waals surface area (Å²) in [7, 11) is 3.85. The molecule has 0 fully saturated rings. The fourth-order valence-electron chi connectivity index (χ4n) is 3.03. The lowest BCUT2D eigenvalue weighted by Gasteiger charge is -2.10. The third-order valence-corrected chi connectivity index (χ3v) is 5.00. The lowest BCUT2D eigenvalue weighted by Crippen LogP contribution is -2.24. The predicted molar refractivity (Wildman–Crippen MR) is 146 cm³/mol. The Morgan fingerprint density at radius 2 is 1.92 bits per heavy atom. The summed E-state index contributed by atoms with van der Waals surface area (Å²) in [5.41, 5.74) is 2.07. The number of ketones is 1. The first-order valence-electron chi connectivity index (χ1n) is 12.4. The number of nitrogens with zero attached hydrogens (tertiary/aromatic N) is 4. The Labute approximate surface area is 219 Å². The van der Waals surface area contributed by atoms with Crippen LogP contribution in [-0.2, 0) is 9.59 Å². The normalized spacial score (nSPS) is 10.5. The lowest BCUT2D eigenvalue weighted by molar-refractivity contribution is -0.123. The van der Waals surface area contributed by atoms with Crippen molar-refractivity contribution in [1.82, 2.24) is 20.2 Å². The molecule has 1 amide bonds. The Balaban J connectivity index is 1.81. The molecule has 0 spiro atoms. The number of anilines is 3. The van der Waals surface area contributed by atoms with Gasteiger partial charge in [-0.05, 0) is 57.3 Å². The molecule has 0 unspecified atom stereocenters. The molecule has 2 aromatic rings. The number of allylic oxidation sites excluding steroid dienone is 1. The monoisotopic (exact) mass is 501 g/mol. The maximum Gasteiger partial charge on any atom is 0.229 e. The summed E-state index contributed by atoms with van der Waals surface area (Å²) >= 11 is 0. The summed E-state index contributed by atoms with van der Waals surface area (Å²) in [6, 6.07) is 9.15. The van der Waals surface area contributed by atoms with Crippen LogP contribution in [0.2, 0.25) is 0 Å². The van der Waals surface area contributed by atoms with E-state index in [1.165, 1.54) is 6.08 Å². The smallest absolute Gasteiger partial charge is 0.229 e. The summed E-state index contributed by atoms with van der Waals surface area (Å²) in [4.78, 5) is 34.6. The molecule has 9 heteroatoms. The van der Waals surface area contributed by atoms with E-state index < -0.39 is 0 Å². The summed E-state index contributed by atoms with van der Waals surface area (Å²) in [6.07, 6.45) is 7.64. The fourth-order valence-corrected chi connectivity index (χ4v) is 3.03. The van der Waals surface area contributed by atoms with Gasteiger partial charge in [0.2, 0.25) is 11.9 Å². The number of rotatable bonds is 14. The third-order valence-electron chi connectivity index (χ3n) is 5.00.